The van der Waals surface area contributed by atoms with Crippen LogP contribution in [0.4, 0.5) is 0 Å². The Morgan fingerprint density at radius 2 is 2.05 bits per heavy atom. The molecule has 10 nitrogen and oxygen atoms in total. The molecule has 2 amide bonds. The van der Waals surface area contributed by atoms with Gasteiger partial charge in [0.1, 0.15) is 12.2 Å². The van der Waals surface area contributed by atoms with Crippen molar-refractivity contribution in [3.8, 4) is 11.5 Å². The average Bonchev–Trinajstić information content (AvgIpc) is 3.40. The van der Waals surface area contributed by atoms with Crippen LogP contribution in [0.3, 0.4) is 0 Å². The molecule has 1 saturated heterocycles. The van der Waals surface area contributed by atoms with Crippen LogP contribution in [0.2, 0.25) is 0 Å². The Balaban J connectivity index is 1.99. The Morgan fingerprint density at radius 3 is 2.65 bits per heavy atom. The molecule has 0 radical (unpaired) electrons. The molecular formula is C26H37IN2O8. The lowest BCUT2D eigenvalue weighted by atomic mass is 9.87. The van der Waals surface area contributed by atoms with E-state index in [2.05, 4.69) is 27.9 Å². The normalized spacial score (nSPS) is 23.5. The number of methoxy groups -OCH3 is 1. The van der Waals surface area contributed by atoms with Crippen molar-refractivity contribution in [1.82, 2.24) is 10.2 Å². The summed E-state index contributed by atoms with van der Waals surface area (Å²) < 4.78 is 18.2. The molecule has 1 aromatic rings. The van der Waals surface area contributed by atoms with Crippen molar-refractivity contribution >= 4 is 34.4 Å². The lowest BCUT2D eigenvalue weighted by Gasteiger charge is -2.42. The number of aliphatic hydroxyl groups is 3. The van der Waals surface area contributed by atoms with Crippen LogP contribution >= 0.6 is 22.6 Å². The van der Waals surface area contributed by atoms with Crippen molar-refractivity contribution in [3.63, 3.8) is 0 Å². The van der Waals surface area contributed by atoms with Crippen molar-refractivity contribution in [3.05, 3.63) is 32.9 Å². The second-order valence-corrected chi connectivity index (χ2v) is 10.7. The summed E-state index contributed by atoms with van der Waals surface area (Å²) in [6.07, 6.45) is 1.16. The first-order valence-electron chi connectivity index (χ1n) is 12.5. The van der Waals surface area contributed by atoms with Gasteiger partial charge in [0.05, 0.1) is 36.0 Å². The van der Waals surface area contributed by atoms with Gasteiger partial charge in [-0.15, -0.1) is 0 Å². The maximum absolute atomic E-state index is 13.3. The number of aliphatic hydroxyl groups excluding tert-OH is 3. The highest BCUT2D eigenvalue weighted by atomic mass is 127. The molecule has 0 unspecified atom stereocenters. The lowest BCUT2D eigenvalue weighted by Crippen LogP contribution is -2.57. The quantitative estimate of drug-likeness (QED) is 0.269. The fraction of sp³-hybridized carbons (Fsp3) is 0.615. The summed E-state index contributed by atoms with van der Waals surface area (Å²) in [4.78, 5) is 27.9. The van der Waals surface area contributed by atoms with Gasteiger partial charge in [-0.1, -0.05) is 13.8 Å². The number of nitrogens with zero attached hydrogens (tertiary/aromatic N) is 1. The van der Waals surface area contributed by atoms with Crippen LogP contribution in [-0.2, 0) is 20.9 Å². The van der Waals surface area contributed by atoms with Gasteiger partial charge in [-0.2, -0.15) is 0 Å². The van der Waals surface area contributed by atoms with Gasteiger partial charge < -0.3 is 39.7 Å². The summed E-state index contributed by atoms with van der Waals surface area (Å²) in [6.45, 7) is 4.23. The predicted octanol–water partition coefficient (Wildman–Crippen LogP) is 1.37. The van der Waals surface area contributed by atoms with Crippen LogP contribution in [0.5, 0.6) is 11.5 Å². The van der Waals surface area contributed by atoms with Crippen molar-refractivity contribution in [2.24, 2.45) is 5.92 Å². The van der Waals surface area contributed by atoms with Gasteiger partial charge in [0, 0.05) is 37.6 Å². The van der Waals surface area contributed by atoms with E-state index in [0.29, 0.717) is 39.4 Å². The zero-order valence-electron chi connectivity index (χ0n) is 21.5. The first-order chi connectivity index (χ1) is 17.7. The minimum Gasteiger partial charge on any atom is -0.493 e. The average molecular weight is 632 g/mol. The number of ether oxygens (including phenoxy) is 3. The minimum atomic E-state index is -1.14. The first-order valence-corrected chi connectivity index (χ1v) is 13.6. The van der Waals surface area contributed by atoms with Gasteiger partial charge in [-0.3, -0.25) is 9.59 Å². The van der Waals surface area contributed by atoms with Gasteiger partial charge in [-0.05, 0) is 59.2 Å². The second-order valence-electron chi connectivity index (χ2n) is 9.56. The van der Waals surface area contributed by atoms with E-state index in [-0.39, 0.29) is 44.1 Å². The molecule has 1 aromatic carbocycles. The molecule has 0 bridgehead atoms. The van der Waals surface area contributed by atoms with Crippen molar-refractivity contribution in [2.45, 2.75) is 64.1 Å². The first kappa shape index (κ1) is 29.6. The van der Waals surface area contributed by atoms with Crippen molar-refractivity contribution < 1.29 is 39.1 Å². The van der Waals surface area contributed by atoms with Gasteiger partial charge in [-0.25, -0.2) is 0 Å². The largest absolute Gasteiger partial charge is 0.493 e. The Morgan fingerprint density at radius 1 is 1.30 bits per heavy atom. The topological polar surface area (TPSA) is 138 Å². The second kappa shape index (κ2) is 13.7. The molecule has 0 spiro atoms. The molecule has 0 saturated carbocycles. The zero-order chi connectivity index (χ0) is 27.1. The van der Waals surface area contributed by atoms with Gasteiger partial charge in [0.2, 0.25) is 11.8 Å². The van der Waals surface area contributed by atoms with Crippen molar-refractivity contribution in [2.75, 3.05) is 33.4 Å². The Bertz CT molecular complexity index is 980. The standard InChI is InChI=1S/C26H37IN2O8/c1-15(2)26(34)29(13-18-5-4-8-36-18)20-11-17(25(33)28-6-7-30)12-21(23(20)32)37-24-19(27)9-16(14-31)10-22(24)35-3/h9-10,12,15,18,20-21,23,30-32H,4-8,11,13-14H2,1-3H3,(H,28,33)/t18-,20-,21+,23+/m1/s1. The van der Waals surface area contributed by atoms with Crippen LogP contribution in [0.25, 0.3) is 0 Å². The number of halogens is 1. The maximum atomic E-state index is 13.3. The van der Waals surface area contributed by atoms with E-state index in [1.165, 1.54) is 7.11 Å². The number of nitrogens with one attached hydrogen (secondary N) is 1. The smallest absolute Gasteiger partial charge is 0.247 e. The highest BCUT2D eigenvalue weighted by Gasteiger charge is 2.42. The van der Waals surface area contributed by atoms with Crippen LogP contribution in [0, 0.1) is 9.49 Å². The number of hydrogen-bond donors (Lipinski definition) is 4. The number of amides is 2. The molecular weight excluding hydrogens is 595 g/mol. The number of carbonyl (C=O) groups is 2. The van der Waals surface area contributed by atoms with Gasteiger partial charge >= 0.3 is 0 Å². The summed E-state index contributed by atoms with van der Waals surface area (Å²) in [5.41, 5.74) is 0.990. The third-order valence-corrected chi connectivity index (χ3v) is 7.34. The molecule has 1 heterocycles. The maximum Gasteiger partial charge on any atom is 0.247 e. The Kier molecular flexibility index (Phi) is 11.0. The number of rotatable bonds is 11. The SMILES string of the molecule is COc1cc(CO)cc(I)c1O[C@H]1C=C(C(=O)NCCO)C[C@@H](N(C[C@H]2CCCO2)C(=O)C(C)C)[C@@H]1O. The van der Waals surface area contributed by atoms with E-state index >= 15 is 0 Å². The van der Waals surface area contributed by atoms with Crippen LogP contribution in [-0.4, -0.2) is 89.8 Å². The summed E-state index contributed by atoms with van der Waals surface area (Å²) in [5.74, 6) is -0.130. The molecule has 37 heavy (non-hydrogen) atoms. The minimum absolute atomic E-state index is 0.0772. The van der Waals surface area contributed by atoms with E-state index in [1.807, 2.05) is 0 Å². The highest BCUT2D eigenvalue weighted by Crippen LogP contribution is 2.37. The highest BCUT2D eigenvalue weighted by molar-refractivity contribution is 14.1. The molecule has 11 heteroatoms. The summed E-state index contributed by atoms with van der Waals surface area (Å²) >= 11 is 2.06. The predicted molar refractivity (Wildman–Crippen MR) is 144 cm³/mol. The van der Waals surface area contributed by atoms with Crippen LogP contribution < -0.4 is 14.8 Å². The summed E-state index contributed by atoms with van der Waals surface area (Å²) in [5, 5.41) is 32.9. The fourth-order valence-corrected chi connectivity index (χ4v) is 5.42. The Hall–Kier alpha value is -1.93. The molecule has 4 N–H and O–H groups in total. The van der Waals surface area contributed by atoms with Gasteiger partial charge in [0.15, 0.2) is 11.5 Å². The monoisotopic (exact) mass is 632 g/mol. The fourth-order valence-electron chi connectivity index (χ4n) is 4.62. The molecule has 1 fully saturated rings. The van der Waals surface area contributed by atoms with E-state index < -0.39 is 24.2 Å². The third kappa shape index (κ3) is 7.34. The molecule has 0 aromatic heterocycles. The molecule has 2 aliphatic rings. The molecule has 3 rings (SSSR count). The van der Waals surface area contributed by atoms with E-state index in [9.17, 15) is 19.8 Å². The van der Waals surface area contributed by atoms with E-state index in [1.54, 1.807) is 37.0 Å². The van der Waals surface area contributed by atoms with Crippen LogP contribution in [0.1, 0.15) is 38.7 Å². The van der Waals surface area contributed by atoms with Crippen LogP contribution in [0.15, 0.2) is 23.8 Å². The third-order valence-electron chi connectivity index (χ3n) is 6.54. The number of hydrogen-bond acceptors (Lipinski definition) is 8. The van der Waals surface area contributed by atoms with E-state index in [4.69, 9.17) is 19.3 Å². The molecule has 1 aliphatic carbocycles. The Labute approximate surface area is 231 Å². The van der Waals surface area contributed by atoms with E-state index in [0.717, 1.165) is 12.8 Å². The molecule has 206 valence electrons. The van der Waals surface area contributed by atoms with Gasteiger partial charge in [0.25, 0.3) is 0 Å². The number of carbonyl (C=O) groups excluding carboxylic acids is 2. The van der Waals surface area contributed by atoms with Crippen molar-refractivity contribution in [1.29, 1.82) is 0 Å². The summed E-state index contributed by atoms with van der Waals surface area (Å²) in [7, 11) is 1.48. The zero-order valence-corrected chi connectivity index (χ0v) is 23.6. The summed E-state index contributed by atoms with van der Waals surface area (Å²) in [6, 6.07) is 2.66. The molecule has 4 atom stereocenters. The lowest BCUT2D eigenvalue weighted by molar-refractivity contribution is -0.144. The number of benzene rings is 1. The molecule has 1 aliphatic heterocycles.